The lowest BCUT2D eigenvalue weighted by molar-refractivity contribution is 0.820. The molecule has 0 spiro atoms. The minimum absolute atomic E-state index is 0.294. The van der Waals surface area contributed by atoms with Crippen molar-refractivity contribution in [2.75, 3.05) is 4.90 Å². The van der Waals surface area contributed by atoms with E-state index >= 15 is 0 Å². The maximum Gasteiger partial charge on any atom is 0.160 e. The van der Waals surface area contributed by atoms with Gasteiger partial charge in [0.1, 0.15) is 0 Å². The largest absolute Gasteiger partial charge is 0.312 e. The van der Waals surface area contributed by atoms with Crippen LogP contribution in [0.1, 0.15) is 59.4 Å². The van der Waals surface area contributed by atoms with Gasteiger partial charge in [-0.3, -0.25) is 0 Å². The van der Waals surface area contributed by atoms with Crippen molar-refractivity contribution >= 4 is 48.5 Å². The summed E-state index contributed by atoms with van der Waals surface area (Å²) in [6.07, 6.45) is 25.3. The van der Waals surface area contributed by atoms with Crippen LogP contribution in [-0.2, 0) is 0 Å². The molecule has 0 N–H and O–H groups in total. The van der Waals surface area contributed by atoms with E-state index in [-0.39, 0.29) is 0 Å². The van der Waals surface area contributed by atoms with Crippen LogP contribution >= 0.6 is 11.3 Å². The lowest BCUT2D eigenvalue weighted by Gasteiger charge is -2.25. The molecule has 268 valence electrons. The summed E-state index contributed by atoms with van der Waals surface area (Å²) < 4.78 is 2.63. The zero-order valence-electron chi connectivity index (χ0n) is 30.9. The predicted molar refractivity (Wildman–Crippen MR) is 236 cm³/mol. The Morgan fingerprint density at radius 3 is 2.32 bits per heavy atom. The predicted octanol–water partition coefficient (Wildman–Crippen LogP) is 14.0. The van der Waals surface area contributed by atoms with E-state index in [1.54, 1.807) is 0 Å². The Labute approximate surface area is 331 Å². The third-order valence-corrected chi connectivity index (χ3v) is 13.1. The zero-order chi connectivity index (χ0) is 37.0. The number of nitrogens with zero attached hydrogens (tertiary/aromatic N) is 3. The maximum atomic E-state index is 5.41. The highest BCUT2D eigenvalue weighted by atomic mass is 32.1. The van der Waals surface area contributed by atoms with Gasteiger partial charge in [0.15, 0.2) is 5.82 Å². The van der Waals surface area contributed by atoms with Crippen LogP contribution in [-0.4, -0.2) is 9.97 Å². The van der Waals surface area contributed by atoms with Gasteiger partial charge >= 0.3 is 0 Å². The molecule has 7 aromatic rings. The molecule has 1 aliphatic heterocycles. The summed E-state index contributed by atoms with van der Waals surface area (Å²) >= 11 is 1.89. The van der Waals surface area contributed by atoms with Gasteiger partial charge in [0.05, 0.1) is 27.5 Å². The normalized spacial score (nSPS) is 19.6. The standard InChI is InChI=1S/C52H39N3S/c1-3-14-34(15-4-1)36-18-11-20-38(30-36)45-33-46(39-21-12-19-37(31-39)35-16-5-2-6-17-35)54-52(53-45)40-28-29-42-41-22-7-9-25-47(41)55(49(42)32-40)48-26-13-24-44-43-23-8-10-27-50(43)56-51(44)48/h1-16,18-21,23-29,31-33,35-36,41H,17,22,30H2. The first-order chi connectivity index (χ1) is 27.7. The van der Waals surface area contributed by atoms with Crippen molar-refractivity contribution in [1.29, 1.82) is 0 Å². The molecule has 0 fully saturated rings. The second kappa shape index (κ2) is 13.7. The number of anilines is 2. The third kappa shape index (κ3) is 5.72. The van der Waals surface area contributed by atoms with Crippen molar-refractivity contribution in [3.05, 3.63) is 210 Å². The Morgan fingerprint density at radius 1 is 0.571 bits per heavy atom. The molecule has 5 aromatic carbocycles. The lowest BCUT2D eigenvalue weighted by atomic mass is 9.86. The van der Waals surface area contributed by atoms with Crippen LogP contribution in [0.2, 0.25) is 0 Å². The molecule has 4 aliphatic rings. The van der Waals surface area contributed by atoms with Crippen molar-refractivity contribution in [2.24, 2.45) is 0 Å². The number of thiophene rings is 1. The average Bonchev–Trinajstić information content (AvgIpc) is 3.83. The Morgan fingerprint density at radius 2 is 1.39 bits per heavy atom. The zero-order valence-corrected chi connectivity index (χ0v) is 31.7. The van der Waals surface area contributed by atoms with E-state index in [2.05, 4.69) is 187 Å². The van der Waals surface area contributed by atoms with Gasteiger partial charge in [0.25, 0.3) is 0 Å². The summed E-state index contributed by atoms with van der Waals surface area (Å²) in [5.41, 5.74) is 13.0. The van der Waals surface area contributed by atoms with Crippen LogP contribution in [0.25, 0.3) is 48.4 Å². The number of hydrogen-bond donors (Lipinski definition) is 0. The Kier molecular flexibility index (Phi) is 8.10. The Bertz CT molecular complexity index is 2870. The monoisotopic (exact) mass is 737 g/mol. The van der Waals surface area contributed by atoms with Crippen molar-refractivity contribution in [3.8, 4) is 22.6 Å². The molecular weight excluding hydrogens is 699 g/mol. The van der Waals surface area contributed by atoms with Crippen LogP contribution in [0.4, 0.5) is 11.4 Å². The summed E-state index contributed by atoms with van der Waals surface area (Å²) in [6, 6.07) is 44.5. The summed E-state index contributed by atoms with van der Waals surface area (Å²) in [7, 11) is 0. The van der Waals surface area contributed by atoms with Crippen LogP contribution in [0.3, 0.4) is 0 Å². The van der Waals surface area contributed by atoms with Gasteiger partial charge in [-0.15, -0.1) is 11.3 Å². The van der Waals surface area contributed by atoms with Crippen LogP contribution in [0, 0.1) is 0 Å². The van der Waals surface area contributed by atoms with Crippen LogP contribution in [0.5, 0.6) is 0 Å². The van der Waals surface area contributed by atoms with Crippen molar-refractivity contribution in [2.45, 2.75) is 37.0 Å². The molecule has 3 unspecified atom stereocenters. The fourth-order valence-electron chi connectivity index (χ4n) is 9.07. The highest BCUT2D eigenvalue weighted by Gasteiger charge is 2.36. The Balaban J connectivity index is 1.06. The molecule has 0 saturated heterocycles. The van der Waals surface area contributed by atoms with Crippen molar-refractivity contribution in [1.82, 2.24) is 9.97 Å². The number of hydrogen-bond acceptors (Lipinski definition) is 4. The first-order valence-electron chi connectivity index (χ1n) is 19.7. The number of aromatic nitrogens is 2. The van der Waals surface area contributed by atoms with Gasteiger partial charge < -0.3 is 4.90 Å². The second-order valence-electron chi connectivity index (χ2n) is 15.2. The minimum atomic E-state index is 0.294. The summed E-state index contributed by atoms with van der Waals surface area (Å²) in [5, 5.41) is 2.62. The van der Waals surface area contributed by atoms with E-state index in [9.17, 15) is 0 Å². The average molecular weight is 738 g/mol. The molecule has 4 heteroatoms. The van der Waals surface area contributed by atoms with Crippen molar-refractivity contribution < 1.29 is 0 Å². The molecule has 11 rings (SSSR count). The van der Waals surface area contributed by atoms with Crippen molar-refractivity contribution in [3.63, 3.8) is 0 Å². The smallest absolute Gasteiger partial charge is 0.160 e. The molecule has 0 saturated carbocycles. The number of allylic oxidation sites excluding steroid dienone is 12. The molecule has 56 heavy (non-hydrogen) atoms. The molecule has 3 aliphatic carbocycles. The fourth-order valence-corrected chi connectivity index (χ4v) is 10.3. The summed E-state index contributed by atoms with van der Waals surface area (Å²) in [5.74, 6) is 1.71. The first-order valence-corrected chi connectivity index (χ1v) is 20.5. The number of fused-ring (bicyclic) bond motifs is 6. The topological polar surface area (TPSA) is 29.0 Å². The van der Waals surface area contributed by atoms with Crippen LogP contribution < -0.4 is 4.90 Å². The minimum Gasteiger partial charge on any atom is -0.312 e. The van der Waals surface area contributed by atoms with E-state index in [1.807, 2.05) is 11.3 Å². The molecular formula is C52H39N3S. The van der Waals surface area contributed by atoms with E-state index in [0.29, 0.717) is 17.8 Å². The summed E-state index contributed by atoms with van der Waals surface area (Å²) in [4.78, 5) is 13.3. The summed E-state index contributed by atoms with van der Waals surface area (Å²) in [6.45, 7) is 0. The fraction of sp³-hybridized carbons (Fsp3) is 0.115. The van der Waals surface area contributed by atoms with E-state index in [4.69, 9.17) is 9.97 Å². The third-order valence-electron chi connectivity index (χ3n) is 11.9. The second-order valence-corrected chi connectivity index (χ2v) is 16.3. The van der Waals surface area contributed by atoms with Gasteiger partial charge in [-0.25, -0.2) is 9.97 Å². The number of rotatable bonds is 6. The quantitative estimate of drug-likeness (QED) is 0.170. The molecule has 0 bridgehead atoms. The van der Waals surface area contributed by atoms with Gasteiger partial charge in [-0.2, -0.15) is 0 Å². The molecule has 0 radical (unpaired) electrons. The van der Waals surface area contributed by atoms with E-state index in [1.165, 1.54) is 59.5 Å². The van der Waals surface area contributed by atoms with Crippen LogP contribution in [0.15, 0.2) is 188 Å². The first kappa shape index (κ1) is 33.0. The van der Waals surface area contributed by atoms with Gasteiger partial charge in [-0.1, -0.05) is 146 Å². The maximum absolute atomic E-state index is 5.41. The molecule has 3 heterocycles. The number of benzene rings is 5. The molecule has 3 nitrogen and oxygen atoms in total. The van der Waals surface area contributed by atoms with Gasteiger partial charge in [0.2, 0.25) is 0 Å². The molecule has 3 atom stereocenters. The lowest BCUT2D eigenvalue weighted by Crippen LogP contribution is -2.14. The van der Waals surface area contributed by atoms with E-state index < -0.39 is 0 Å². The molecule has 0 amide bonds. The van der Waals surface area contributed by atoms with Gasteiger partial charge in [-0.05, 0) is 77.9 Å². The highest BCUT2D eigenvalue weighted by Crippen LogP contribution is 2.54. The molecule has 2 aromatic heterocycles. The van der Waals surface area contributed by atoms with E-state index in [0.717, 1.165) is 47.6 Å². The Hall–Kier alpha value is -6.36. The SMILES string of the molecule is C1=CCC(c2cccc(-c3cc(C4=CC=CC(c5ccccc5)C4)nc(-c4ccc5c(c4)N(c4cccc6c4sc4ccccc46)C4=CC=CCC45)n3)c2)C=C1. The van der Waals surface area contributed by atoms with Gasteiger partial charge in [0, 0.05) is 50.1 Å². The highest BCUT2D eigenvalue weighted by molar-refractivity contribution is 7.26.